The molecule has 1 aromatic carbocycles. The average Bonchev–Trinajstić information content (AvgIpc) is 3.42. The molecule has 1 unspecified atom stereocenters. The van der Waals surface area contributed by atoms with Crippen LogP contribution in [0.5, 0.6) is 0 Å². The standard InChI is InChI=1S/C20H23N5O3/c1-13-10-14(2)25(23-13)12-15-5-7-16(8-6-15)19(26)21-11-18-22-20(28-24-18)17-4-3-9-27-17/h5-8,10,17H,3-4,9,11-12H2,1-2H3,(H,21,26). The fourth-order valence-corrected chi connectivity index (χ4v) is 3.27. The van der Waals surface area contributed by atoms with Crippen LogP contribution < -0.4 is 5.32 Å². The molecule has 0 bridgehead atoms. The number of carbonyl (C=O) groups excluding carboxylic acids is 1. The first kappa shape index (κ1) is 18.4. The van der Waals surface area contributed by atoms with Crippen molar-refractivity contribution in [2.45, 2.75) is 45.9 Å². The second-order valence-electron chi connectivity index (χ2n) is 7.01. The van der Waals surface area contributed by atoms with Gasteiger partial charge in [-0.3, -0.25) is 9.48 Å². The van der Waals surface area contributed by atoms with Crippen LogP contribution in [-0.2, 0) is 17.8 Å². The van der Waals surface area contributed by atoms with Crippen molar-refractivity contribution in [2.24, 2.45) is 0 Å². The van der Waals surface area contributed by atoms with E-state index in [9.17, 15) is 4.79 Å². The number of amides is 1. The highest BCUT2D eigenvalue weighted by molar-refractivity contribution is 5.94. The van der Waals surface area contributed by atoms with Crippen molar-refractivity contribution in [3.05, 3.63) is 64.6 Å². The fourth-order valence-electron chi connectivity index (χ4n) is 3.27. The second kappa shape index (κ2) is 7.93. The average molecular weight is 381 g/mol. The maximum atomic E-state index is 12.4. The summed E-state index contributed by atoms with van der Waals surface area (Å²) in [5.41, 5.74) is 3.78. The molecule has 1 atom stereocenters. The van der Waals surface area contributed by atoms with Gasteiger partial charge in [0.1, 0.15) is 6.10 Å². The maximum absolute atomic E-state index is 12.4. The fraction of sp³-hybridized carbons (Fsp3) is 0.400. The molecule has 8 nitrogen and oxygen atoms in total. The van der Waals surface area contributed by atoms with Crippen LogP contribution in [0.1, 0.15) is 58.0 Å². The molecule has 3 heterocycles. The van der Waals surface area contributed by atoms with Crippen molar-refractivity contribution in [1.82, 2.24) is 25.2 Å². The molecule has 1 amide bonds. The van der Waals surface area contributed by atoms with Gasteiger partial charge in [0.05, 0.1) is 18.8 Å². The van der Waals surface area contributed by atoms with Crippen LogP contribution in [0.25, 0.3) is 0 Å². The van der Waals surface area contributed by atoms with Crippen LogP contribution in [0.4, 0.5) is 0 Å². The van der Waals surface area contributed by atoms with E-state index in [4.69, 9.17) is 9.26 Å². The third-order valence-corrected chi connectivity index (χ3v) is 4.75. The van der Waals surface area contributed by atoms with Gasteiger partial charge in [-0.1, -0.05) is 17.3 Å². The normalized spacial score (nSPS) is 16.4. The minimum Gasteiger partial charge on any atom is -0.368 e. The largest absolute Gasteiger partial charge is 0.368 e. The molecule has 1 aliphatic rings. The quantitative estimate of drug-likeness (QED) is 0.705. The summed E-state index contributed by atoms with van der Waals surface area (Å²) in [7, 11) is 0. The molecule has 1 aliphatic heterocycles. The lowest BCUT2D eigenvalue weighted by molar-refractivity contribution is 0.0835. The van der Waals surface area contributed by atoms with Gasteiger partial charge < -0.3 is 14.6 Å². The van der Waals surface area contributed by atoms with E-state index in [0.717, 1.165) is 29.8 Å². The molecule has 1 saturated heterocycles. The number of nitrogens with zero attached hydrogens (tertiary/aromatic N) is 4. The van der Waals surface area contributed by atoms with E-state index in [1.54, 1.807) is 0 Å². The van der Waals surface area contributed by atoms with E-state index in [0.29, 0.717) is 30.4 Å². The van der Waals surface area contributed by atoms with Crippen molar-refractivity contribution in [3.8, 4) is 0 Å². The molecule has 146 valence electrons. The van der Waals surface area contributed by atoms with Crippen molar-refractivity contribution in [1.29, 1.82) is 0 Å². The molecule has 0 aliphatic carbocycles. The number of aryl methyl sites for hydroxylation is 2. The van der Waals surface area contributed by atoms with E-state index in [1.165, 1.54) is 0 Å². The molecule has 4 rings (SSSR count). The third-order valence-electron chi connectivity index (χ3n) is 4.75. The summed E-state index contributed by atoms with van der Waals surface area (Å²) in [5.74, 6) is 0.747. The third kappa shape index (κ3) is 4.12. The van der Waals surface area contributed by atoms with Crippen LogP contribution in [0.2, 0.25) is 0 Å². The molecule has 28 heavy (non-hydrogen) atoms. The van der Waals surface area contributed by atoms with Crippen molar-refractivity contribution >= 4 is 5.91 Å². The van der Waals surface area contributed by atoms with Crippen LogP contribution in [0, 0.1) is 13.8 Å². The van der Waals surface area contributed by atoms with E-state index in [1.807, 2.05) is 48.9 Å². The van der Waals surface area contributed by atoms with Crippen LogP contribution >= 0.6 is 0 Å². The summed E-state index contributed by atoms with van der Waals surface area (Å²) >= 11 is 0. The predicted octanol–water partition coefficient (Wildman–Crippen LogP) is 2.71. The highest BCUT2D eigenvalue weighted by atomic mass is 16.5. The minimum atomic E-state index is -0.180. The number of benzene rings is 1. The van der Waals surface area contributed by atoms with Crippen molar-refractivity contribution in [3.63, 3.8) is 0 Å². The van der Waals surface area contributed by atoms with E-state index >= 15 is 0 Å². The second-order valence-corrected chi connectivity index (χ2v) is 7.01. The Balaban J connectivity index is 1.32. The highest BCUT2D eigenvalue weighted by Crippen LogP contribution is 2.26. The molecule has 1 N–H and O–H groups in total. The van der Waals surface area contributed by atoms with Gasteiger partial charge in [-0.25, -0.2) is 0 Å². The number of aromatic nitrogens is 4. The summed E-state index contributed by atoms with van der Waals surface area (Å²) in [4.78, 5) is 16.7. The summed E-state index contributed by atoms with van der Waals surface area (Å²) < 4.78 is 12.7. The Hall–Kier alpha value is -3.00. The zero-order valence-corrected chi connectivity index (χ0v) is 16.0. The number of hydrogen-bond acceptors (Lipinski definition) is 6. The van der Waals surface area contributed by atoms with Gasteiger partial charge in [-0.2, -0.15) is 10.1 Å². The Morgan fingerprint density at radius 2 is 2.11 bits per heavy atom. The molecular weight excluding hydrogens is 358 g/mol. The Morgan fingerprint density at radius 1 is 1.29 bits per heavy atom. The van der Waals surface area contributed by atoms with Gasteiger partial charge in [-0.15, -0.1) is 0 Å². The SMILES string of the molecule is Cc1cc(C)n(Cc2ccc(C(=O)NCc3noc(C4CCCO4)n3)cc2)n1. The molecule has 8 heteroatoms. The summed E-state index contributed by atoms with van der Waals surface area (Å²) in [5, 5.41) is 11.2. The summed E-state index contributed by atoms with van der Waals surface area (Å²) in [6.45, 7) is 5.61. The van der Waals surface area contributed by atoms with Crippen molar-refractivity contribution < 1.29 is 14.1 Å². The Bertz CT molecular complexity index is 955. The first-order valence-electron chi connectivity index (χ1n) is 9.41. The summed E-state index contributed by atoms with van der Waals surface area (Å²) in [6.07, 6.45) is 1.76. The number of nitrogens with one attached hydrogen (secondary N) is 1. The molecular formula is C20H23N5O3. The highest BCUT2D eigenvalue weighted by Gasteiger charge is 2.23. The molecule has 0 saturated carbocycles. The van der Waals surface area contributed by atoms with Gasteiger partial charge >= 0.3 is 0 Å². The Kier molecular flexibility index (Phi) is 5.21. The molecule has 0 radical (unpaired) electrons. The predicted molar refractivity (Wildman–Crippen MR) is 101 cm³/mol. The van der Waals surface area contributed by atoms with Crippen LogP contribution in [-0.4, -0.2) is 32.4 Å². The number of hydrogen-bond donors (Lipinski definition) is 1. The maximum Gasteiger partial charge on any atom is 0.255 e. The smallest absolute Gasteiger partial charge is 0.255 e. The van der Waals surface area contributed by atoms with Gasteiger partial charge in [-0.05, 0) is 50.5 Å². The van der Waals surface area contributed by atoms with Crippen LogP contribution in [0.3, 0.4) is 0 Å². The minimum absolute atomic E-state index is 0.119. The summed E-state index contributed by atoms with van der Waals surface area (Å²) in [6, 6.07) is 9.54. The van der Waals surface area contributed by atoms with Crippen molar-refractivity contribution in [2.75, 3.05) is 6.61 Å². The lowest BCUT2D eigenvalue weighted by atomic mass is 10.1. The topological polar surface area (TPSA) is 95.1 Å². The first-order valence-corrected chi connectivity index (χ1v) is 9.41. The van der Waals surface area contributed by atoms with Gasteiger partial charge in [0.2, 0.25) is 0 Å². The lowest BCUT2D eigenvalue weighted by Gasteiger charge is -2.07. The molecule has 3 aromatic rings. The zero-order chi connectivity index (χ0) is 19.5. The Morgan fingerprint density at radius 3 is 2.79 bits per heavy atom. The molecule has 2 aromatic heterocycles. The van der Waals surface area contributed by atoms with E-state index in [-0.39, 0.29) is 18.6 Å². The molecule has 1 fully saturated rings. The lowest BCUT2D eigenvalue weighted by Crippen LogP contribution is -2.23. The van der Waals surface area contributed by atoms with Crippen LogP contribution in [0.15, 0.2) is 34.9 Å². The zero-order valence-electron chi connectivity index (χ0n) is 16.0. The monoisotopic (exact) mass is 381 g/mol. The van der Waals surface area contributed by atoms with Gasteiger partial charge in [0.15, 0.2) is 5.82 Å². The van der Waals surface area contributed by atoms with Gasteiger partial charge in [0.25, 0.3) is 11.8 Å². The van der Waals surface area contributed by atoms with E-state index in [2.05, 4.69) is 20.6 Å². The number of ether oxygens (including phenoxy) is 1. The number of rotatable bonds is 6. The Labute approximate surface area is 162 Å². The number of carbonyl (C=O) groups is 1. The van der Waals surface area contributed by atoms with E-state index < -0.39 is 0 Å². The van der Waals surface area contributed by atoms with Gasteiger partial charge in [0, 0.05) is 17.9 Å². The molecule has 0 spiro atoms. The first-order chi connectivity index (χ1) is 13.6.